The fourth-order valence-corrected chi connectivity index (χ4v) is 13.8. The minimum Gasteiger partial charge on any atom is -0.309 e. The van der Waals surface area contributed by atoms with Crippen LogP contribution in [0.2, 0.25) is 0 Å². The van der Waals surface area contributed by atoms with Crippen molar-refractivity contribution in [3.63, 3.8) is 0 Å². The van der Waals surface area contributed by atoms with E-state index in [-0.39, 0.29) is 0 Å². The van der Waals surface area contributed by atoms with Gasteiger partial charge in [-0.1, -0.05) is 152 Å². The third-order valence-electron chi connectivity index (χ3n) is 17.0. The fourth-order valence-electron chi connectivity index (χ4n) is 13.8. The molecule has 5 nitrogen and oxygen atoms in total. The van der Waals surface area contributed by atoms with E-state index in [9.17, 15) is 0 Å². The normalized spacial score (nSPS) is 12.4. The number of hydrogen-bond acceptors (Lipinski definition) is 0. The highest BCUT2D eigenvalue weighted by molar-refractivity contribution is 6.24. The molecule has 0 spiro atoms. The third kappa shape index (κ3) is 5.51. The number of fused-ring (bicyclic) bond motifs is 18. The molecule has 0 unspecified atom stereocenters. The zero-order valence-corrected chi connectivity index (χ0v) is 41.6. The Morgan fingerprint density at radius 3 is 1.01 bits per heavy atom. The van der Waals surface area contributed by atoms with Gasteiger partial charge in [0.15, 0.2) is 0 Å². The Morgan fingerprint density at radius 1 is 0.169 bits per heavy atom. The molecule has 6 aromatic heterocycles. The fraction of sp³-hybridized carbons (Fsp3) is 0. The van der Waals surface area contributed by atoms with Crippen molar-refractivity contribution in [2.75, 3.05) is 0 Å². The van der Waals surface area contributed by atoms with Crippen LogP contribution < -0.4 is 0 Å². The first-order valence-electron chi connectivity index (χ1n) is 26.6. The van der Waals surface area contributed by atoms with Crippen LogP contribution in [0.4, 0.5) is 0 Å². The molecule has 0 fully saturated rings. The minimum atomic E-state index is 1.14. The predicted molar refractivity (Wildman–Crippen MR) is 324 cm³/mol. The molecule has 0 bridgehead atoms. The first-order chi connectivity index (χ1) is 38.2. The van der Waals surface area contributed by atoms with Gasteiger partial charge >= 0.3 is 0 Å². The summed E-state index contributed by atoms with van der Waals surface area (Å²) in [7, 11) is 0. The number of nitrogens with zero attached hydrogens (tertiary/aromatic N) is 5. The Labute approximate surface area is 440 Å². The Bertz CT molecular complexity index is 5470. The Morgan fingerprint density at radius 2 is 0.494 bits per heavy atom. The molecular formula is C72H43N5. The summed E-state index contributed by atoms with van der Waals surface area (Å²) in [5, 5.41) is 15.0. The summed E-state index contributed by atoms with van der Waals surface area (Å²) < 4.78 is 12.3. The second-order valence-electron chi connectivity index (χ2n) is 20.9. The maximum absolute atomic E-state index is 2.53. The van der Waals surface area contributed by atoms with E-state index in [1.165, 1.54) is 136 Å². The van der Waals surface area contributed by atoms with Crippen LogP contribution in [0.25, 0.3) is 159 Å². The van der Waals surface area contributed by atoms with Crippen molar-refractivity contribution < 1.29 is 0 Å². The second kappa shape index (κ2) is 15.1. The van der Waals surface area contributed by atoms with Crippen molar-refractivity contribution in [2.24, 2.45) is 0 Å². The number of benzene rings is 12. The van der Waals surface area contributed by atoms with Gasteiger partial charge in [-0.15, -0.1) is 0 Å². The van der Waals surface area contributed by atoms with Crippen LogP contribution in [0.5, 0.6) is 0 Å². The molecule has 0 radical (unpaired) electrons. The Kier molecular flexibility index (Phi) is 8.06. The van der Waals surface area contributed by atoms with Gasteiger partial charge < -0.3 is 22.7 Å². The van der Waals surface area contributed by atoms with Gasteiger partial charge in [-0.2, -0.15) is 0 Å². The molecule has 6 heterocycles. The average molecular weight is 978 g/mol. The van der Waals surface area contributed by atoms with Gasteiger partial charge in [0.1, 0.15) is 0 Å². The Hall–Kier alpha value is -10.4. The molecule has 0 atom stereocenters. The molecule has 77 heavy (non-hydrogen) atoms. The standard InChI is InChI=1S/C72H43N5/c1-2-15-46(16-3-1)73-64-26-11-7-20-53(64)60-42-48(32-37-68(60)73)75-65-27-12-6-19-52(65)59-39-44(30-36-67(59)75)45-29-34-55-57-22-14-23-58-56-35-31-49(43-71(56)77(72(57)58)70(55)40-45)76-66-28-13-8-21-54(66)61-41-47(33-38-69(61)76)74-62-24-9-4-17-50(62)51-18-5-10-25-63(51)74/h1-43H. The molecular weight excluding hydrogens is 935 g/mol. The number of aromatic nitrogens is 5. The van der Waals surface area contributed by atoms with Crippen molar-refractivity contribution in [1.82, 2.24) is 22.7 Å². The zero-order valence-electron chi connectivity index (χ0n) is 41.6. The van der Waals surface area contributed by atoms with Crippen LogP contribution in [0.3, 0.4) is 0 Å². The molecule has 5 heteroatoms. The van der Waals surface area contributed by atoms with Crippen molar-refractivity contribution in [3.8, 4) is 33.9 Å². The van der Waals surface area contributed by atoms with E-state index in [4.69, 9.17) is 0 Å². The van der Waals surface area contributed by atoms with E-state index < -0.39 is 0 Å². The molecule has 18 rings (SSSR count). The van der Waals surface area contributed by atoms with Gasteiger partial charge in [0, 0.05) is 87.4 Å². The summed E-state index contributed by atoms with van der Waals surface area (Å²) >= 11 is 0. The molecule has 0 N–H and O–H groups in total. The van der Waals surface area contributed by atoms with Crippen molar-refractivity contribution >= 4 is 125 Å². The molecule has 12 aromatic carbocycles. The molecule has 18 aromatic rings. The van der Waals surface area contributed by atoms with Crippen LogP contribution in [0.15, 0.2) is 261 Å². The molecule has 0 aliphatic rings. The molecule has 0 aliphatic heterocycles. The van der Waals surface area contributed by atoms with Crippen molar-refractivity contribution in [1.29, 1.82) is 0 Å². The molecule has 0 saturated carbocycles. The van der Waals surface area contributed by atoms with Crippen LogP contribution in [0.1, 0.15) is 0 Å². The van der Waals surface area contributed by atoms with Gasteiger partial charge in [0.2, 0.25) is 0 Å². The van der Waals surface area contributed by atoms with Gasteiger partial charge in [-0.3, -0.25) is 0 Å². The third-order valence-corrected chi connectivity index (χ3v) is 17.0. The zero-order chi connectivity index (χ0) is 50.0. The number of para-hydroxylation sites is 7. The van der Waals surface area contributed by atoms with E-state index in [0.29, 0.717) is 0 Å². The average Bonchev–Trinajstić information content (AvgIpc) is 4.50. The quantitative estimate of drug-likeness (QED) is 0.164. The largest absolute Gasteiger partial charge is 0.309 e. The molecule has 0 amide bonds. The Balaban J connectivity index is 0.798. The second-order valence-corrected chi connectivity index (χ2v) is 20.9. The molecule has 0 aliphatic carbocycles. The molecule has 356 valence electrons. The van der Waals surface area contributed by atoms with Gasteiger partial charge in [-0.25, -0.2) is 0 Å². The lowest BCUT2D eigenvalue weighted by atomic mass is 10.0. The maximum Gasteiger partial charge on any atom is 0.0620 e. The number of rotatable bonds is 5. The number of hydrogen-bond donors (Lipinski definition) is 0. The highest BCUT2D eigenvalue weighted by atomic mass is 15.0. The van der Waals surface area contributed by atoms with E-state index in [0.717, 1.165) is 22.7 Å². The first-order valence-corrected chi connectivity index (χ1v) is 26.6. The predicted octanol–water partition coefficient (Wildman–Crippen LogP) is 18.9. The smallest absolute Gasteiger partial charge is 0.0620 e. The highest BCUT2D eigenvalue weighted by Crippen LogP contribution is 2.44. The van der Waals surface area contributed by atoms with E-state index >= 15 is 0 Å². The van der Waals surface area contributed by atoms with Crippen LogP contribution in [-0.4, -0.2) is 22.7 Å². The SMILES string of the molecule is c1ccc(-n2c3ccccc3c3cc(-n4c5ccccc5c5cc(-c6ccc7c8cccc9c%10ccc(-n%11c%12ccccc%12c%12cc(-n%13c%14ccccc%14c%14ccccc%14%13)ccc%12%11)cc%10n(c7c6)c89)ccc54)ccc32)cc1. The molecule has 0 saturated heterocycles. The van der Waals surface area contributed by atoms with Crippen molar-refractivity contribution in [3.05, 3.63) is 261 Å². The van der Waals surface area contributed by atoms with Gasteiger partial charge in [0.05, 0.1) is 60.7 Å². The van der Waals surface area contributed by atoms with Crippen LogP contribution in [-0.2, 0) is 0 Å². The summed E-state index contributed by atoms with van der Waals surface area (Å²) in [5.41, 5.74) is 20.3. The topological polar surface area (TPSA) is 24.1 Å². The van der Waals surface area contributed by atoms with Crippen LogP contribution in [0, 0.1) is 0 Å². The van der Waals surface area contributed by atoms with Crippen molar-refractivity contribution in [2.45, 2.75) is 0 Å². The highest BCUT2D eigenvalue weighted by Gasteiger charge is 2.22. The maximum atomic E-state index is 2.53. The summed E-state index contributed by atoms with van der Waals surface area (Å²) in [6, 6.07) is 96.8. The lowest BCUT2D eigenvalue weighted by molar-refractivity contribution is 1.17. The minimum absolute atomic E-state index is 1.14. The van der Waals surface area contributed by atoms with Crippen LogP contribution >= 0.6 is 0 Å². The summed E-state index contributed by atoms with van der Waals surface area (Å²) in [6.45, 7) is 0. The summed E-state index contributed by atoms with van der Waals surface area (Å²) in [4.78, 5) is 0. The van der Waals surface area contributed by atoms with Gasteiger partial charge in [0.25, 0.3) is 0 Å². The lowest BCUT2D eigenvalue weighted by Crippen LogP contribution is -1.96. The van der Waals surface area contributed by atoms with Gasteiger partial charge in [-0.05, 0) is 120 Å². The lowest BCUT2D eigenvalue weighted by Gasteiger charge is -2.11. The first kappa shape index (κ1) is 41.0. The monoisotopic (exact) mass is 977 g/mol. The summed E-state index contributed by atoms with van der Waals surface area (Å²) in [5.74, 6) is 0. The van der Waals surface area contributed by atoms with E-state index in [2.05, 4.69) is 284 Å². The van der Waals surface area contributed by atoms with E-state index in [1.807, 2.05) is 0 Å². The van der Waals surface area contributed by atoms with E-state index in [1.54, 1.807) is 0 Å². The summed E-state index contributed by atoms with van der Waals surface area (Å²) in [6.07, 6.45) is 0.